The minimum absolute atomic E-state index is 0.0380. The first-order valence-corrected chi connectivity index (χ1v) is 19.5. The summed E-state index contributed by atoms with van der Waals surface area (Å²) in [7, 11) is -0.475. The molecular formula is C43H54ClO6P. The van der Waals surface area contributed by atoms with Gasteiger partial charge in [-0.15, -0.1) is 0 Å². The number of ether oxygens (including phenoxy) is 5. The van der Waals surface area contributed by atoms with Gasteiger partial charge in [0.2, 0.25) is 12.5 Å². The average molecular weight is 733 g/mol. The Hall–Kier alpha value is -3.60. The molecule has 5 rings (SSSR count). The number of hydrogen-bond donors (Lipinski definition) is 0. The molecule has 51 heavy (non-hydrogen) atoms. The lowest BCUT2D eigenvalue weighted by molar-refractivity contribution is 0.172. The molecule has 0 N–H and O–H groups in total. The van der Waals surface area contributed by atoms with Gasteiger partial charge in [-0.2, -0.15) is 0 Å². The van der Waals surface area contributed by atoms with Crippen LogP contribution >= 0.6 is 18.7 Å². The molecule has 0 aromatic heterocycles. The van der Waals surface area contributed by atoms with Crippen molar-refractivity contribution in [3.8, 4) is 34.5 Å². The Morgan fingerprint density at radius 2 is 1.00 bits per heavy atom. The quantitative estimate of drug-likeness (QED) is 0.176. The van der Waals surface area contributed by atoms with Crippen LogP contribution in [0, 0.1) is 0 Å². The highest BCUT2D eigenvalue weighted by Gasteiger charge is 2.42. The van der Waals surface area contributed by atoms with Crippen LogP contribution in [0.2, 0.25) is 5.02 Å². The maximum atomic E-state index is 17.0. The van der Waals surface area contributed by atoms with E-state index in [0.29, 0.717) is 38.9 Å². The Morgan fingerprint density at radius 3 is 1.37 bits per heavy atom. The first kappa shape index (κ1) is 38.6. The molecule has 0 radical (unpaired) electrons. The van der Waals surface area contributed by atoms with Crippen molar-refractivity contribution in [1.29, 1.82) is 0 Å². The van der Waals surface area contributed by atoms with E-state index in [1.807, 2.05) is 54.6 Å². The minimum Gasteiger partial charge on any atom is -0.496 e. The summed E-state index contributed by atoms with van der Waals surface area (Å²) in [6.45, 7) is 25.7. The fraction of sp³-hybridized carbons (Fsp3) is 0.442. The molecule has 274 valence electrons. The van der Waals surface area contributed by atoms with E-state index in [0.717, 1.165) is 33.8 Å². The minimum atomic E-state index is -3.88. The lowest BCUT2D eigenvalue weighted by Crippen LogP contribution is -2.32. The van der Waals surface area contributed by atoms with Crippen molar-refractivity contribution >= 4 is 34.7 Å². The van der Waals surface area contributed by atoms with Gasteiger partial charge in [-0.05, 0) is 64.1 Å². The van der Waals surface area contributed by atoms with Gasteiger partial charge >= 0.3 is 0 Å². The Balaban J connectivity index is 2.02. The standard InChI is InChI=1S/C43H54ClO6P/c1-40(2,3)29-20-27(21-30(36(29)46-13)41(4,5)6)51(45,28-22-31(42(7,8)9)37(47-14)32(23-28)43(10,11)12)34-24-33(50-26-18-16-15-17-19-26)38-39(35(34)44)49-25-48-38/h15-24H,25H2,1-14H3. The highest BCUT2D eigenvalue weighted by atomic mass is 35.5. The second kappa shape index (κ2) is 13.4. The van der Waals surface area contributed by atoms with Crippen LogP contribution in [0.25, 0.3) is 0 Å². The summed E-state index contributed by atoms with van der Waals surface area (Å²) >= 11 is 7.37. The van der Waals surface area contributed by atoms with Gasteiger partial charge in [0.25, 0.3) is 0 Å². The predicted octanol–water partition coefficient (Wildman–Crippen LogP) is 10.7. The van der Waals surface area contributed by atoms with Crippen molar-refractivity contribution in [3.63, 3.8) is 0 Å². The van der Waals surface area contributed by atoms with Crippen LogP contribution in [0.1, 0.15) is 105 Å². The van der Waals surface area contributed by atoms with E-state index in [9.17, 15) is 0 Å². The number of fused-ring (bicyclic) bond motifs is 1. The SMILES string of the molecule is COc1c(C(C)(C)C)cc(P(=O)(c2cc(C(C)(C)C)c(OC)c(C(C)(C)C)c2)c2cc(Oc3ccccc3)c3c(c2Cl)OCO3)cc1C(C)(C)C. The maximum absolute atomic E-state index is 17.0. The molecule has 0 saturated heterocycles. The molecule has 0 bridgehead atoms. The summed E-state index contributed by atoms with van der Waals surface area (Å²) in [6.07, 6.45) is 0. The summed E-state index contributed by atoms with van der Waals surface area (Å²) in [5.41, 5.74) is 2.41. The molecule has 4 aromatic rings. The molecule has 0 unspecified atom stereocenters. The normalized spacial score (nSPS) is 13.7. The number of halogens is 1. The maximum Gasteiger partial charge on any atom is 0.231 e. The van der Waals surface area contributed by atoms with Crippen molar-refractivity contribution < 1.29 is 28.2 Å². The lowest BCUT2D eigenvalue weighted by Gasteiger charge is -2.34. The van der Waals surface area contributed by atoms with Crippen molar-refractivity contribution in [2.24, 2.45) is 0 Å². The second-order valence-corrected chi connectivity index (χ2v) is 20.6. The molecule has 6 nitrogen and oxygen atoms in total. The fourth-order valence-corrected chi connectivity index (χ4v) is 9.93. The molecule has 1 aliphatic rings. The molecular weight excluding hydrogens is 679 g/mol. The van der Waals surface area contributed by atoms with Gasteiger partial charge in [-0.25, -0.2) is 0 Å². The van der Waals surface area contributed by atoms with Crippen LogP contribution < -0.4 is 39.6 Å². The third-order valence-corrected chi connectivity index (χ3v) is 12.9. The third-order valence-electron chi connectivity index (χ3n) is 9.35. The summed E-state index contributed by atoms with van der Waals surface area (Å²) in [4.78, 5) is 0. The van der Waals surface area contributed by atoms with Gasteiger partial charge in [-0.1, -0.05) is 113 Å². The first-order chi connectivity index (χ1) is 23.5. The summed E-state index contributed by atoms with van der Waals surface area (Å²) in [5, 5.41) is 1.89. The largest absolute Gasteiger partial charge is 0.496 e. The summed E-state index contributed by atoms with van der Waals surface area (Å²) in [6, 6.07) is 19.4. The van der Waals surface area contributed by atoms with E-state index in [-0.39, 0.29) is 33.5 Å². The smallest absolute Gasteiger partial charge is 0.231 e. The summed E-state index contributed by atoms with van der Waals surface area (Å²) < 4.78 is 47.7. The van der Waals surface area contributed by atoms with E-state index in [4.69, 9.17) is 35.3 Å². The Kier molecular flexibility index (Phi) is 10.2. The van der Waals surface area contributed by atoms with E-state index >= 15 is 4.57 Å². The van der Waals surface area contributed by atoms with E-state index in [2.05, 4.69) is 83.1 Å². The molecule has 8 heteroatoms. The predicted molar refractivity (Wildman–Crippen MR) is 211 cm³/mol. The van der Waals surface area contributed by atoms with Gasteiger partial charge in [0.15, 0.2) is 18.6 Å². The van der Waals surface area contributed by atoms with Crippen molar-refractivity contribution in [2.45, 2.75) is 105 Å². The van der Waals surface area contributed by atoms with Crippen molar-refractivity contribution in [3.05, 3.63) is 87.9 Å². The molecule has 0 amide bonds. The fourth-order valence-electron chi connectivity index (χ4n) is 6.60. The van der Waals surface area contributed by atoms with Gasteiger partial charge in [-0.3, -0.25) is 0 Å². The van der Waals surface area contributed by atoms with Crippen LogP contribution in [0.15, 0.2) is 60.7 Å². The average Bonchev–Trinajstić information content (AvgIpc) is 3.54. The van der Waals surface area contributed by atoms with E-state index < -0.39 is 7.14 Å². The molecule has 0 spiro atoms. The molecule has 0 saturated carbocycles. The van der Waals surface area contributed by atoms with Crippen LogP contribution in [0.5, 0.6) is 34.5 Å². The van der Waals surface area contributed by atoms with Gasteiger partial charge in [0, 0.05) is 38.2 Å². The van der Waals surface area contributed by atoms with E-state index in [1.165, 1.54) is 0 Å². The zero-order chi connectivity index (χ0) is 37.9. The Morgan fingerprint density at radius 1 is 0.608 bits per heavy atom. The molecule has 1 heterocycles. The lowest BCUT2D eigenvalue weighted by atomic mass is 9.79. The molecule has 0 atom stereocenters. The van der Waals surface area contributed by atoms with Gasteiger partial charge in [0.1, 0.15) is 17.2 Å². The van der Waals surface area contributed by atoms with Gasteiger partial charge < -0.3 is 28.2 Å². The number of para-hydroxylation sites is 1. The monoisotopic (exact) mass is 732 g/mol. The molecule has 0 fully saturated rings. The first-order valence-electron chi connectivity index (χ1n) is 17.5. The highest BCUT2D eigenvalue weighted by molar-refractivity contribution is 7.85. The Bertz CT molecular complexity index is 1830. The number of hydrogen-bond acceptors (Lipinski definition) is 6. The van der Waals surface area contributed by atoms with Crippen LogP contribution in [0.4, 0.5) is 0 Å². The Labute approximate surface area is 310 Å². The molecule has 1 aliphatic heterocycles. The van der Waals surface area contributed by atoms with Crippen molar-refractivity contribution in [2.75, 3.05) is 21.0 Å². The topological polar surface area (TPSA) is 63.2 Å². The summed E-state index contributed by atoms with van der Waals surface area (Å²) in [5.74, 6) is 3.23. The number of methoxy groups -OCH3 is 2. The zero-order valence-corrected chi connectivity index (χ0v) is 34.4. The van der Waals surface area contributed by atoms with Crippen molar-refractivity contribution in [1.82, 2.24) is 0 Å². The van der Waals surface area contributed by atoms with Crippen LogP contribution in [0.3, 0.4) is 0 Å². The molecule has 4 aromatic carbocycles. The third kappa shape index (κ3) is 7.24. The zero-order valence-electron chi connectivity index (χ0n) is 32.8. The van der Waals surface area contributed by atoms with Crippen LogP contribution in [-0.4, -0.2) is 21.0 Å². The van der Waals surface area contributed by atoms with E-state index in [1.54, 1.807) is 20.3 Å². The molecule has 0 aliphatic carbocycles. The number of benzene rings is 4. The van der Waals surface area contributed by atoms with Crippen LogP contribution in [-0.2, 0) is 26.2 Å². The highest BCUT2D eigenvalue weighted by Crippen LogP contribution is 2.56. The second-order valence-electron chi connectivity index (χ2n) is 17.4. The number of rotatable bonds is 7. The van der Waals surface area contributed by atoms with Gasteiger partial charge in [0.05, 0.1) is 19.2 Å².